The Bertz CT molecular complexity index is 1200. The first-order chi connectivity index (χ1) is 12.7. The van der Waals surface area contributed by atoms with Crippen LogP contribution >= 0.6 is 0 Å². The predicted molar refractivity (Wildman–Crippen MR) is 91.2 cm³/mol. The third kappa shape index (κ3) is 3.68. The molecule has 0 bridgehead atoms. The maximum absolute atomic E-state index is 12.4. The second-order valence-electron chi connectivity index (χ2n) is 5.44. The average molecular weight is 443 g/mol. The lowest BCUT2D eigenvalue weighted by Gasteiger charge is -2.14. The van der Waals surface area contributed by atoms with E-state index in [4.69, 9.17) is 5.39 Å². The highest BCUT2D eigenvalue weighted by atomic mass is 35.5. The van der Waals surface area contributed by atoms with Crippen LogP contribution in [0.2, 0.25) is 0 Å². The summed E-state index contributed by atoms with van der Waals surface area (Å²) in [6, 6.07) is 10.0. The van der Waals surface area contributed by atoms with Gasteiger partial charge < -0.3 is 12.4 Å². The van der Waals surface area contributed by atoms with Gasteiger partial charge in [-0.25, -0.2) is 25.9 Å². The van der Waals surface area contributed by atoms with E-state index in [0.717, 1.165) is 12.1 Å². The van der Waals surface area contributed by atoms with E-state index >= 15 is 0 Å². The summed E-state index contributed by atoms with van der Waals surface area (Å²) in [7, 11) is -8.54. The minimum Gasteiger partial charge on any atom is -1.00 e. The number of amides is 2. The zero-order chi connectivity index (χ0) is 19.8. The molecule has 0 aliphatic carbocycles. The molecule has 10 nitrogen and oxygen atoms in total. The summed E-state index contributed by atoms with van der Waals surface area (Å²) in [4.78, 5) is 26.7. The van der Waals surface area contributed by atoms with E-state index in [1.165, 1.54) is 36.4 Å². The van der Waals surface area contributed by atoms with Crippen molar-refractivity contribution in [3.8, 4) is 0 Å². The zero-order valence-corrected chi connectivity index (χ0v) is 16.2. The monoisotopic (exact) mass is 442 g/mol. The predicted octanol–water partition coefficient (Wildman–Crippen LogP) is -2.18. The van der Waals surface area contributed by atoms with Crippen molar-refractivity contribution in [3.05, 3.63) is 59.1 Å². The number of halogens is 1. The van der Waals surface area contributed by atoms with Crippen LogP contribution < -0.4 is 17.1 Å². The van der Waals surface area contributed by atoms with E-state index in [2.05, 4.69) is 4.98 Å². The smallest absolute Gasteiger partial charge is 0.385 e. The average Bonchev–Trinajstić information content (AvgIpc) is 2.82. The Morgan fingerprint density at radius 1 is 1.11 bits per heavy atom. The fourth-order valence-electron chi connectivity index (χ4n) is 2.45. The second kappa shape index (κ2) is 7.55. The summed E-state index contributed by atoms with van der Waals surface area (Å²) >= 11 is 0. The van der Waals surface area contributed by atoms with Crippen LogP contribution in [0.4, 0.5) is 5.69 Å². The number of nitrogens with zero attached hydrogens (tertiary/aromatic N) is 3. The summed E-state index contributed by atoms with van der Waals surface area (Å²) in [6.07, 6.45) is 0. The third-order valence-electron chi connectivity index (χ3n) is 3.71. The van der Waals surface area contributed by atoms with Gasteiger partial charge in [0, 0.05) is 12.1 Å². The van der Waals surface area contributed by atoms with E-state index < -0.39 is 38.4 Å². The number of sulfonamides is 2. The second-order valence-corrected chi connectivity index (χ2v) is 8.95. The highest BCUT2D eigenvalue weighted by Crippen LogP contribution is 2.29. The molecular weight excluding hydrogens is 432 g/mol. The van der Waals surface area contributed by atoms with Crippen molar-refractivity contribution in [2.75, 3.05) is 6.54 Å². The quantitative estimate of drug-likeness (QED) is 0.530. The summed E-state index contributed by atoms with van der Waals surface area (Å²) in [5, 5.41) is 8.60. The van der Waals surface area contributed by atoms with Gasteiger partial charge in [-0.1, -0.05) is 12.1 Å². The van der Waals surface area contributed by atoms with Crippen molar-refractivity contribution >= 4 is 37.5 Å². The van der Waals surface area contributed by atoms with E-state index in [-0.39, 0.29) is 33.4 Å². The minimum atomic E-state index is -4.30. The molecule has 0 atom stereocenters. The molecule has 0 saturated carbocycles. The zero-order valence-electron chi connectivity index (χ0n) is 13.8. The van der Waals surface area contributed by atoms with Crippen LogP contribution in [0.1, 0.15) is 10.4 Å². The fourth-order valence-corrected chi connectivity index (χ4v) is 4.95. The fraction of sp³-hybridized carbons (Fsp3) is 0.0667. The molecular formula is C15H11ClN4O6S2. The van der Waals surface area contributed by atoms with Crippen molar-refractivity contribution in [2.24, 2.45) is 0 Å². The van der Waals surface area contributed by atoms with Crippen molar-refractivity contribution in [1.82, 2.24) is 9.03 Å². The summed E-state index contributed by atoms with van der Waals surface area (Å²) in [5.74, 6) is -2.11. The molecule has 1 aliphatic rings. The number of rotatable bonds is 4. The molecule has 1 aliphatic heterocycles. The van der Waals surface area contributed by atoms with Crippen LogP contribution in [0.15, 0.2) is 58.3 Å². The Kier molecular flexibility index (Phi) is 5.74. The molecule has 1 N–H and O–H groups in total. The number of hydrogen-bond donors (Lipinski definition) is 1. The molecule has 1 heterocycles. The Hall–Kier alpha value is -3.01. The first-order valence-electron chi connectivity index (χ1n) is 7.34. The molecule has 0 unspecified atom stereocenters. The van der Waals surface area contributed by atoms with Crippen molar-refractivity contribution in [1.29, 1.82) is 5.39 Å². The van der Waals surface area contributed by atoms with Crippen molar-refractivity contribution < 1.29 is 38.8 Å². The van der Waals surface area contributed by atoms with Crippen LogP contribution in [0, 0.1) is 5.39 Å². The lowest BCUT2D eigenvalue weighted by atomic mass is 10.2. The normalized spacial score (nSPS) is 14.5. The molecule has 0 aromatic heterocycles. The van der Waals surface area contributed by atoms with Gasteiger partial charge in [0.15, 0.2) is 4.98 Å². The SMILES string of the molecule is N#[N+]c1ccc(S(=O)(=O)NC(=O)CN2C(=O)c3ccccc3S2(=O)=O)cc1.[Cl-]. The molecule has 3 rings (SSSR count). The van der Waals surface area contributed by atoms with Crippen LogP contribution in [-0.4, -0.2) is 39.5 Å². The van der Waals surface area contributed by atoms with Crippen LogP contribution in [0.3, 0.4) is 0 Å². The number of hydrogen-bond acceptors (Lipinski definition) is 7. The van der Waals surface area contributed by atoms with Crippen LogP contribution in [0.5, 0.6) is 0 Å². The maximum Gasteiger partial charge on any atom is 0.385 e. The van der Waals surface area contributed by atoms with E-state index in [9.17, 15) is 26.4 Å². The molecule has 0 radical (unpaired) electrons. The van der Waals surface area contributed by atoms with Gasteiger partial charge in [-0.3, -0.25) is 9.59 Å². The first kappa shape index (κ1) is 21.3. The highest BCUT2D eigenvalue weighted by Gasteiger charge is 2.42. The molecule has 2 aromatic rings. The van der Waals surface area contributed by atoms with Crippen molar-refractivity contribution in [3.63, 3.8) is 0 Å². The van der Waals surface area contributed by atoms with Gasteiger partial charge in [0.2, 0.25) is 5.39 Å². The van der Waals surface area contributed by atoms with Crippen LogP contribution in [-0.2, 0) is 24.8 Å². The Balaban J connectivity index is 0.00000280. The van der Waals surface area contributed by atoms with Gasteiger partial charge in [0.25, 0.3) is 31.9 Å². The Labute approximate surface area is 166 Å². The lowest BCUT2D eigenvalue weighted by Crippen LogP contribution is -3.00. The number of benzene rings is 2. The van der Waals surface area contributed by atoms with Gasteiger partial charge in [-0.05, 0) is 24.3 Å². The van der Waals surface area contributed by atoms with Crippen LogP contribution in [0.25, 0.3) is 4.98 Å². The topological polar surface area (TPSA) is 146 Å². The maximum atomic E-state index is 12.4. The van der Waals surface area contributed by atoms with Gasteiger partial charge in [0.1, 0.15) is 11.4 Å². The largest absolute Gasteiger partial charge is 1.00 e. The van der Waals surface area contributed by atoms with Gasteiger partial charge in [-0.15, -0.1) is 0 Å². The third-order valence-corrected chi connectivity index (χ3v) is 6.89. The van der Waals surface area contributed by atoms with Gasteiger partial charge in [-0.2, -0.15) is 0 Å². The molecule has 146 valence electrons. The number of carbonyl (C=O) groups is 2. The molecule has 28 heavy (non-hydrogen) atoms. The molecule has 2 amide bonds. The molecule has 0 spiro atoms. The standard InChI is InChI=1S/C15H10N4O6S2.ClH/c16-17-10-5-7-11(8-6-10)26(22,23)18-14(20)9-19-15(21)12-3-1-2-4-13(12)27(19,24)25;/h1-8H,9H2;1H. The van der Waals surface area contributed by atoms with E-state index in [0.29, 0.717) is 4.31 Å². The number of nitrogens with one attached hydrogen (secondary N) is 1. The van der Waals surface area contributed by atoms with E-state index in [1.807, 2.05) is 0 Å². The van der Waals surface area contributed by atoms with Gasteiger partial charge >= 0.3 is 5.69 Å². The Morgan fingerprint density at radius 3 is 2.29 bits per heavy atom. The Morgan fingerprint density at radius 2 is 1.71 bits per heavy atom. The number of diazo groups is 1. The van der Waals surface area contributed by atoms with Crippen molar-refractivity contribution in [2.45, 2.75) is 9.79 Å². The molecule has 0 fully saturated rings. The molecule has 2 aromatic carbocycles. The summed E-state index contributed by atoms with van der Waals surface area (Å²) < 4.78 is 51.2. The molecule has 0 saturated heterocycles. The number of fused-ring (bicyclic) bond motifs is 1. The molecule has 13 heteroatoms. The summed E-state index contributed by atoms with van der Waals surface area (Å²) in [6.45, 7) is -0.987. The van der Waals surface area contributed by atoms with Gasteiger partial charge in [0.05, 0.1) is 10.5 Å². The highest BCUT2D eigenvalue weighted by molar-refractivity contribution is 7.90. The number of carbonyl (C=O) groups excluding carboxylic acids is 2. The van der Waals surface area contributed by atoms with E-state index in [1.54, 1.807) is 4.72 Å². The lowest BCUT2D eigenvalue weighted by molar-refractivity contribution is -0.119. The minimum absolute atomic E-state index is 0. The summed E-state index contributed by atoms with van der Waals surface area (Å²) in [5.41, 5.74) is 0.0169. The first-order valence-corrected chi connectivity index (χ1v) is 10.3.